The Labute approximate surface area is 128 Å². The van der Waals surface area contributed by atoms with Crippen LogP contribution in [0.1, 0.15) is 44.2 Å². The summed E-state index contributed by atoms with van der Waals surface area (Å²) in [7, 11) is -3.41. The zero-order valence-corrected chi connectivity index (χ0v) is 14.0. The molecule has 1 aromatic carbocycles. The molecule has 1 atom stereocenters. The molecule has 0 saturated heterocycles. The van der Waals surface area contributed by atoms with Crippen molar-refractivity contribution in [2.24, 2.45) is 5.92 Å². The molecule has 4 nitrogen and oxygen atoms in total. The van der Waals surface area contributed by atoms with Crippen molar-refractivity contribution in [1.29, 1.82) is 0 Å². The molecule has 1 fully saturated rings. The van der Waals surface area contributed by atoms with E-state index in [9.17, 15) is 8.42 Å². The van der Waals surface area contributed by atoms with Gasteiger partial charge in [0.15, 0.2) is 0 Å². The lowest BCUT2D eigenvalue weighted by Crippen LogP contribution is -2.28. The molecule has 0 radical (unpaired) electrons. The highest BCUT2D eigenvalue weighted by Gasteiger charge is 2.21. The minimum Gasteiger partial charge on any atom is -0.310 e. The van der Waals surface area contributed by atoms with Crippen molar-refractivity contribution in [3.8, 4) is 0 Å². The van der Waals surface area contributed by atoms with E-state index >= 15 is 0 Å². The van der Waals surface area contributed by atoms with Crippen LogP contribution in [0, 0.1) is 12.8 Å². The predicted molar refractivity (Wildman–Crippen MR) is 85.7 cm³/mol. The summed E-state index contributed by atoms with van der Waals surface area (Å²) in [5.74, 6) is 0.348. The van der Waals surface area contributed by atoms with Crippen molar-refractivity contribution in [3.05, 3.63) is 29.3 Å². The molecule has 2 N–H and O–H groups in total. The first kappa shape index (κ1) is 16.5. The highest BCUT2D eigenvalue weighted by atomic mass is 32.2. The van der Waals surface area contributed by atoms with Gasteiger partial charge in [-0.1, -0.05) is 26.3 Å². The first-order valence-electron chi connectivity index (χ1n) is 7.75. The van der Waals surface area contributed by atoms with Crippen LogP contribution >= 0.6 is 0 Å². The summed E-state index contributed by atoms with van der Waals surface area (Å²) in [6, 6.07) is 5.99. The molecular formula is C16H26N2O2S. The number of sulfonamides is 1. The lowest BCUT2D eigenvalue weighted by molar-refractivity contribution is 0.528. The SMILES string of the molecule is CCC(C)CNS(=O)(=O)c1ccc(C)c(CNC2CC2)c1. The van der Waals surface area contributed by atoms with Gasteiger partial charge in [0.25, 0.3) is 0 Å². The molecule has 0 amide bonds. The van der Waals surface area contributed by atoms with Crippen LogP contribution in [0.15, 0.2) is 23.1 Å². The Balaban J connectivity index is 2.08. The van der Waals surface area contributed by atoms with Crippen molar-refractivity contribution in [2.45, 2.75) is 57.5 Å². The van der Waals surface area contributed by atoms with E-state index in [1.165, 1.54) is 12.8 Å². The Bertz CT molecular complexity index is 580. The van der Waals surface area contributed by atoms with Crippen LogP contribution in [0.25, 0.3) is 0 Å². The molecule has 0 heterocycles. The van der Waals surface area contributed by atoms with E-state index in [-0.39, 0.29) is 0 Å². The second-order valence-corrected chi connectivity index (χ2v) is 7.88. The summed E-state index contributed by atoms with van der Waals surface area (Å²) in [6.45, 7) is 7.36. The fourth-order valence-electron chi connectivity index (χ4n) is 2.03. The molecule has 5 heteroatoms. The molecular weight excluding hydrogens is 284 g/mol. The standard InChI is InChI=1S/C16H26N2O2S/c1-4-12(2)10-18-21(19,20)16-8-5-13(3)14(9-16)11-17-15-6-7-15/h5,8-9,12,15,17-18H,4,6-7,10-11H2,1-3H3. The maximum Gasteiger partial charge on any atom is 0.240 e. The Morgan fingerprint density at radius 2 is 2.05 bits per heavy atom. The number of aryl methyl sites for hydroxylation is 1. The summed E-state index contributed by atoms with van der Waals surface area (Å²) in [6.07, 6.45) is 3.42. The van der Waals surface area contributed by atoms with Crippen LogP contribution in [-0.4, -0.2) is 21.0 Å². The van der Waals surface area contributed by atoms with E-state index in [4.69, 9.17) is 0 Å². The smallest absolute Gasteiger partial charge is 0.240 e. The molecule has 21 heavy (non-hydrogen) atoms. The zero-order valence-electron chi connectivity index (χ0n) is 13.1. The van der Waals surface area contributed by atoms with Gasteiger partial charge in [-0.15, -0.1) is 0 Å². The second-order valence-electron chi connectivity index (χ2n) is 6.11. The van der Waals surface area contributed by atoms with Crippen LogP contribution in [-0.2, 0) is 16.6 Å². The molecule has 0 bridgehead atoms. The third-order valence-electron chi connectivity index (χ3n) is 4.11. The third kappa shape index (κ3) is 4.80. The number of hydrogen-bond donors (Lipinski definition) is 2. The number of nitrogens with one attached hydrogen (secondary N) is 2. The van der Waals surface area contributed by atoms with Crippen molar-refractivity contribution in [2.75, 3.05) is 6.54 Å². The first-order chi connectivity index (χ1) is 9.92. The van der Waals surface area contributed by atoms with Gasteiger partial charge in [0.05, 0.1) is 4.90 Å². The first-order valence-corrected chi connectivity index (χ1v) is 9.23. The van der Waals surface area contributed by atoms with Gasteiger partial charge >= 0.3 is 0 Å². The van der Waals surface area contributed by atoms with Crippen LogP contribution in [0.5, 0.6) is 0 Å². The fraction of sp³-hybridized carbons (Fsp3) is 0.625. The average molecular weight is 310 g/mol. The zero-order chi connectivity index (χ0) is 15.5. The van der Waals surface area contributed by atoms with Crippen molar-refractivity contribution in [3.63, 3.8) is 0 Å². The molecule has 0 aliphatic heterocycles. The van der Waals surface area contributed by atoms with Gasteiger partial charge in [0.2, 0.25) is 10.0 Å². The van der Waals surface area contributed by atoms with Gasteiger partial charge in [-0.2, -0.15) is 0 Å². The third-order valence-corrected chi connectivity index (χ3v) is 5.53. The summed E-state index contributed by atoms with van der Waals surface area (Å²) < 4.78 is 27.4. The lowest BCUT2D eigenvalue weighted by atomic mass is 10.1. The van der Waals surface area contributed by atoms with E-state index < -0.39 is 10.0 Å². The van der Waals surface area contributed by atoms with E-state index in [1.54, 1.807) is 12.1 Å². The quantitative estimate of drug-likeness (QED) is 0.776. The molecule has 1 aliphatic rings. The van der Waals surface area contributed by atoms with Gasteiger partial charge in [-0.25, -0.2) is 13.1 Å². The Hall–Kier alpha value is -0.910. The Morgan fingerprint density at radius 3 is 2.67 bits per heavy atom. The van der Waals surface area contributed by atoms with Crippen molar-refractivity contribution >= 4 is 10.0 Å². The van der Waals surface area contributed by atoms with Gasteiger partial charge < -0.3 is 5.32 Å². The molecule has 2 rings (SSSR count). The van der Waals surface area contributed by atoms with Gasteiger partial charge in [-0.3, -0.25) is 0 Å². The Morgan fingerprint density at radius 1 is 1.33 bits per heavy atom. The monoisotopic (exact) mass is 310 g/mol. The van der Waals surface area contributed by atoms with E-state index in [1.807, 2.05) is 19.9 Å². The number of benzene rings is 1. The van der Waals surface area contributed by atoms with Crippen molar-refractivity contribution in [1.82, 2.24) is 10.0 Å². The fourth-order valence-corrected chi connectivity index (χ4v) is 3.24. The maximum atomic E-state index is 12.3. The number of rotatable bonds is 8. The molecule has 118 valence electrons. The van der Waals surface area contributed by atoms with E-state index in [0.29, 0.717) is 23.4 Å². The second kappa shape index (κ2) is 6.90. The summed E-state index contributed by atoms with van der Waals surface area (Å²) in [4.78, 5) is 0.365. The molecule has 0 spiro atoms. The topological polar surface area (TPSA) is 58.2 Å². The predicted octanol–water partition coefficient (Wildman–Crippen LogP) is 2.57. The minimum absolute atomic E-state index is 0.348. The van der Waals surface area contributed by atoms with Crippen LogP contribution < -0.4 is 10.0 Å². The molecule has 1 unspecified atom stereocenters. The van der Waals surface area contributed by atoms with E-state index in [2.05, 4.69) is 17.0 Å². The van der Waals surface area contributed by atoms with Crippen LogP contribution in [0.4, 0.5) is 0 Å². The normalized spacial score (nSPS) is 16.9. The summed E-state index contributed by atoms with van der Waals surface area (Å²) in [5, 5.41) is 3.44. The highest BCUT2D eigenvalue weighted by Crippen LogP contribution is 2.21. The van der Waals surface area contributed by atoms with Crippen LogP contribution in [0.2, 0.25) is 0 Å². The largest absolute Gasteiger partial charge is 0.310 e. The summed E-state index contributed by atoms with van der Waals surface area (Å²) in [5.41, 5.74) is 2.19. The maximum absolute atomic E-state index is 12.3. The molecule has 1 aliphatic carbocycles. The van der Waals surface area contributed by atoms with E-state index in [0.717, 1.165) is 24.1 Å². The Kier molecular flexibility index (Phi) is 5.41. The number of hydrogen-bond acceptors (Lipinski definition) is 3. The molecule has 1 saturated carbocycles. The molecule has 0 aromatic heterocycles. The van der Waals surface area contributed by atoms with Crippen LogP contribution in [0.3, 0.4) is 0 Å². The summed E-state index contributed by atoms with van der Waals surface area (Å²) >= 11 is 0. The molecule has 1 aromatic rings. The average Bonchev–Trinajstić information content (AvgIpc) is 3.28. The van der Waals surface area contributed by atoms with Gasteiger partial charge in [0, 0.05) is 19.1 Å². The highest BCUT2D eigenvalue weighted by molar-refractivity contribution is 7.89. The van der Waals surface area contributed by atoms with Gasteiger partial charge in [-0.05, 0) is 48.9 Å². The van der Waals surface area contributed by atoms with Gasteiger partial charge in [0.1, 0.15) is 0 Å². The lowest BCUT2D eigenvalue weighted by Gasteiger charge is -2.13. The minimum atomic E-state index is -3.41. The van der Waals surface area contributed by atoms with Crippen molar-refractivity contribution < 1.29 is 8.42 Å².